The van der Waals surface area contributed by atoms with E-state index in [1.165, 1.54) is 51.6 Å². The van der Waals surface area contributed by atoms with Gasteiger partial charge in [0.25, 0.3) is 0 Å². The van der Waals surface area contributed by atoms with Gasteiger partial charge in [-0.05, 0) is 51.6 Å². The first-order valence-electron chi connectivity index (χ1n) is 6.22. The Balaban J connectivity index is 1.91. The number of likely N-dealkylation sites (tertiary alicyclic amines) is 1. The topological polar surface area (TPSA) is 12.5 Å². The zero-order valence-electron chi connectivity index (χ0n) is 9.62. The van der Waals surface area contributed by atoms with Crippen LogP contribution in [0.25, 0.3) is 0 Å². The maximum atomic E-state index is 5.59. The van der Waals surface area contributed by atoms with Crippen LogP contribution >= 0.6 is 15.9 Å². The monoisotopic (exact) mass is 275 g/mol. The molecule has 88 valence electrons. The van der Waals surface area contributed by atoms with Crippen molar-refractivity contribution >= 4 is 15.9 Å². The zero-order valence-corrected chi connectivity index (χ0v) is 11.2. The first kappa shape index (κ1) is 11.9. The number of halogens is 1. The fourth-order valence-corrected chi connectivity index (χ4v) is 3.54. The summed E-state index contributed by atoms with van der Waals surface area (Å²) in [5, 5.41) is 0. The van der Waals surface area contributed by atoms with Gasteiger partial charge in [0.15, 0.2) is 0 Å². The molecule has 3 atom stereocenters. The van der Waals surface area contributed by atoms with E-state index in [0.29, 0.717) is 12.1 Å². The molecule has 1 saturated heterocycles. The molecule has 0 aromatic carbocycles. The minimum Gasteiger partial charge on any atom is -0.380 e. The van der Waals surface area contributed by atoms with E-state index in [9.17, 15) is 0 Å². The molecule has 2 aliphatic rings. The number of alkyl halides is 1. The van der Waals surface area contributed by atoms with Crippen LogP contribution < -0.4 is 0 Å². The lowest BCUT2D eigenvalue weighted by Gasteiger charge is -2.31. The fraction of sp³-hybridized carbons (Fsp3) is 1.00. The highest BCUT2D eigenvalue weighted by Crippen LogP contribution is 2.29. The zero-order chi connectivity index (χ0) is 10.7. The maximum Gasteiger partial charge on any atom is 0.0726 e. The van der Waals surface area contributed by atoms with Crippen LogP contribution in [0.5, 0.6) is 0 Å². The second-order valence-electron chi connectivity index (χ2n) is 4.84. The molecule has 3 heteroatoms. The van der Waals surface area contributed by atoms with E-state index in [0.717, 1.165) is 4.83 Å². The molecule has 0 aromatic rings. The fourth-order valence-electron chi connectivity index (χ4n) is 3.01. The van der Waals surface area contributed by atoms with Crippen molar-refractivity contribution in [3.63, 3.8) is 0 Å². The van der Waals surface area contributed by atoms with Crippen molar-refractivity contribution in [2.24, 2.45) is 0 Å². The number of methoxy groups -OCH3 is 1. The maximum absolute atomic E-state index is 5.59. The lowest BCUT2D eigenvalue weighted by molar-refractivity contribution is 0.0342. The molecule has 1 aliphatic heterocycles. The summed E-state index contributed by atoms with van der Waals surface area (Å²) in [5.74, 6) is 0. The molecule has 0 spiro atoms. The van der Waals surface area contributed by atoms with Crippen molar-refractivity contribution < 1.29 is 4.74 Å². The van der Waals surface area contributed by atoms with Crippen LogP contribution in [0.2, 0.25) is 0 Å². The molecule has 15 heavy (non-hydrogen) atoms. The summed E-state index contributed by atoms with van der Waals surface area (Å²) in [6.45, 7) is 2.52. The predicted octanol–water partition coefficient (Wildman–Crippen LogP) is 2.80. The highest BCUT2D eigenvalue weighted by atomic mass is 79.9. The number of hydrogen-bond acceptors (Lipinski definition) is 2. The van der Waals surface area contributed by atoms with Crippen molar-refractivity contribution in [3.8, 4) is 0 Å². The van der Waals surface area contributed by atoms with Crippen LogP contribution in [0.1, 0.15) is 38.5 Å². The summed E-state index contributed by atoms with van der Waals surface area (Å²) in [4.78, 5) is 3.41. The Labute approximate surface area is 101 Å². The molecular weight excluding hydrogens is 254 g/mol. The smallest absolute Gasteiger partial charge is 0.0726 e. The highest BCUT2D eigenvalue weighted by molar-refractivity contribution is 9.09. The summed E-state index contributed by atoms with van der Waals surface area (Å²) >= 11 is 3.75. The van der Waals surface area contributed by atoms with Crippen LogP contribution in [0, 0.1) is 0 Å². The van der Waals surface area contributed by atoms with Crippen molar-refractivity contribution in [1.29, 1.82) is 0 Å². The average Bonchev–Trinajstić information content (AvgIpc) is 2.61. The van der Waals surface area contributed by atoms with E-state index in [4.69, 9.17) is 4.74 Å². The SMILES string of the molecule is COC1CCCC1N1CCCC(Br)CC1. The van der Waals surface area contributed by atoms with Gasteiger partial charge < -0.3 is 4.74 Å². The molecule has 1 saturated carbocycles. The minimum atomic E-state index is 0.497. The van der Waals surface area contributed by atoms with Crippen LogP contribution in [-0.2, 0) is 4.74 Å². The van der Waals surface area contributed by atoms with Crippen molar-refractivity contribution in [1.82, 2.24) is 4.90 Å². The molecule has 0 bridgehead atoms. The van der Waals surface area contributed by atoms with E-state index < -0.39 is 0 Å². The first-order valence-corrected chi connectivity index (χ1v) is 7.13. The van der Waals surface area contributed by atoms with Crippen molar-refractivity contribution in [2.75, 3.05) is 20.2 Å². The predicted molar refractivity (Wildman–Crippen MR) is 66.6 cm³/mol. The van der Waals surface area contributed by atoms with Gasteiger partial charge in [-0.25, -0.2) is 0 Å². The van der Waals surface area contributed by atoms with Crippen molar-refractivity contribution in [3.05, 3.63) is 0 Å². The third kappa shape index (κ3) is 2.95. The standard InChI is InChI=1S/C12H22BrNO/c1-15-12-6-2-5-11(12)14-8-3-4-10(13)7-9-14/h10-12H,2-9H2,1H3. The van der Waals surface area contributed by atoms with Gasteiger partial charge in [0.1, 0.15) is 0 Å². The Morgan fingerprint density at radius 1 is 1.07 bits per heavy atom. The summed E-state index contributed by atoms with van der Waals surface area (Å²) in [6, 6.07) is 0.702. The molecule has 1 aliphatic carbocycles. The van der Waals surface area contributed by atoms with E-state index in [1.54, 1.807) is 0 Å². The summed E-state index contributed by atoms with van der Waals surface area (Å²) < 4.78 is 5.59. The molecule has 2 nitrogen and oxygen atoms in total. The number of nitrogens with zero attached hydrogens (tertiary/aromatic N) is 1. The second kappa shape index (κ2) is 5.65. The Hall–Kier alpha value is 0.400. The normalized spacial score (nSPS) is 39.2. The average molecular weight is 276 g/mol. The largest absolute Gasteiger partial charge is 0.380 e. The molecule has 1 heterocycles. The van der Waals surface area contributed by atoms with Crippen LogP contribution in [0.4, 0.5) is 0 Å². The minimum absolute atomic E-state index is 0.497. The molecule has 0 aromatic heterocycles. The van der Waals surface area contributed by atoms with Gasteiger partial charge in [-0.15, -0.1) is 0 Å². The molecule has 0 radical (unpaired) electrons. The van der Waals surface area contributed by atoms with Gasteiger partial charge in [-0.1, -0.05) is 15.9 Å². The molecular formula is C12H22BrNO. The summed E-state index contributed by atoms with van der Waals surface area (Å²) in [6.07, 6.45) is 8.41. The first-order chi connectivity index (χ1) is 7.31. The van der Waals surface area contributed by atoms with E-state index in [1.807, 2.05) is 7.11 Å². The van der Waals surface area contributed by atoms with Crippen LogP contribution in [0.15, 0.2) is 0 Å². The highest BCUT2D eigenvalue weighted by Gasteiger charge is 2.32. The molecule has 2 rings (SSSR count). The van der Waals surface area contributed by atoms with E-state index in [-0.39, 0.29) is 0 Å². The third-order valence-electron chi connectivity index (χ3n) is 3.88. The Morgan fingerprint density at radius 2 is 1.93 bits per heavy atom. The molecule has 0 N–H and O–H groups in total. The van der Waals surface area contributed by atoms with Crippen LogP contribution in [-0.4, -0.2) is 42.1 Å². The van der Waals surface area contributed by atoms with Gasteiger partial charge in [0.05, 0.1) is 6.10 Å². The Kier molecular flexibility index (Phi) is 4.47. The molecule has 3 unspecified atom stereocenters. The van der Waals surface area contributed by atoms with Gasteiger partial charge in [-0.2, -0.15) is 0 Å². The summed E-state index contributed by atoms with van der Waals surface area (Å²) in [7, 11) is 1.87. The second-order valence-corrected chi connectivity index (χ2v) is 6.13. The lowest BCUT2D eigenvalue weighted by atomic mass is 10.1. The third-order valence-corrected chi connectivity index (χ3v) is 4.80. The number of hydrogen-bond donors (Lipinski definition) is 0. The molecule has 2 fully saturated rings. The van der Waals surface area contributed by atoms with Gasteiger partial charge in [0, 0.05) is 18.0 Å². The van der Waals surface area contributed by atoms with Crippen LogP contribution in [0.3, 0.4) is 0 Å². The Morgan fingerprint density at radius 3 is 2.73 bits per heavy atom. The number of ether oxygens (including phenoxy) is 1. The van der Waals surface area contributed by atoms with Crippen molar-refractivity contribution in [2.45, 2.75) is 55.5 Å². The van der Waals surface area contributed by atoms with Gasteiger partial charge in [0.2, 0.25) is 0 Å². The van der Waals surface area contributed by atoms with Gasteiger partial charge in [-0.3, -0.25) is 4.90 Å². The molecule has 0 amide bonds. The Bertz CT molecular complexity index is 200. The van der Waals surface area contributed by atoms with Gasteiger partial charge >= 0.3 is 0 Å². The summed E-state index contributed by atoms with van der Waals surface area (Å²) in [5.41, 5.74) is 0. The number of rotatable bonds is 2. The quantitative estimate of drug-likeness (QED) is 0.719. The van der Waals surface area contributed by atoms with E-state index >= 15 is 0 Å². The lowest BCUT2D eigenvalue weighted by Crippen LogP contribution is -2.41. The van der Waals surface area contributed by atoms with E-state index in [2.05, 4.69) is 20.8 Å².